The first kappa shape index (κ1) is 26.4. The third-order valence-corrected chi connectivity index (χ3v) is 7.91. The van der Waals surface area contributed by atoms with Gasteiger partial charge in [-0.2, -0.15) is 11.8 Å². The predicted octanol–water partition coefficient (Wildman–Crippen LogP) is 5.71. The van der Waals surface area contributed by atoms with Gasteiger partial charge in [-0.1, -0.05) is 32.0 Å². The summed E-state index contributed by atoms with van der Waals surface area (Å²) in [4.78, 5) is 29.6. The minimum Gasteiger partial charge on any atom is -0.486 e. The number of carbonyl (C=O) groups excluding carboxylic acids is 2. The number of ether oxygens (including phenoxy) is 1. The first-order chi connectivity index (χ1) is 18.4. The van der Waals surface area contributed by atoms with E-state index in [9.17, 15) is 14.0 Å². The molecule has 6 nitrogen and oxygen atoms in total. The highest BCUT2D eigenvalue weighted by Gasteiger charge is 2.33. The first-order valence-electron chi connectivity index (χ1n) is 13.2. The van der Waals surface area contributed by atoms with Crippen LogP contribution in [-0.4, -0.2) is 52.8 Å². The second-order valence-electron chi connectivity index (χ2n) is 10.2. The molecule has 38 heavy (non-hydrogen) atoms. The van der Waals surface area contributed by atoms with E-state index in [4.69, 9.17) is 9.15 Å². The van der Waals surface area contributed by atoms with Crippen LogP contribution in [0.3, 0.4) is 0 Å². The predicted molar refractivity (Wildman–Crippen MR) is 146 cm³/mol. The fourth-order valence-corrected chi connectivity index (χ4v) is 6.00. The number of carbonyl (C=O) groups is 2. The molecule has 0 aliphatic carbocycles. The number of hydrogen-bond donors (Lipinski definition) is 0. The maximum Gasteiger partial charge on any atom is 0.289 e. The highest BCUT2D eigenvalue weighted by Crippen LogP contribution is 2.38. The molecule has 2 amide bonds. The maximum atomic E-state index is 14.2. The minimum absolute atomic E-state index is 0.0614. The summed E-state index contributed by atoms with van der Waals surface area (Å²) in [5.74, 6) is 3.27. The average molecular weight is 537 g/mol. The van der Waals surface area contributed by atoms with Crippen molar-refractivity contribution in [3.63, 3.8) is 0 Å². The Balaban J connectivity index is 1.36. The SMILES string of the molecule is CC(C)CC(=O)N1CCc2ccc(OCc3ccc(C(=O)N4CCSCC4)o3)cc2[C@H]1c1cccc(F)c1. The molecule has 0 bridgehead atoms. The van der Waals surface area contributed by atoms with Crippen LogP contribution < -0.4 is 4.74 Å². The summed E-state index contributed by atoms with van der Waals surface area (Å²) >= 11 is 1.85. The average Bonchev–Trinajstić information content (AvgIpc) is 3.40. The largest absolute Gasteiger partial charge is 0.486 e. The van der Waals surface area contributed by atoms with Crippen LogP contribution >= 0.6 is 11.8 Å². The molecule has 1 aromatic heterocycles. The molecule has 1 saturated heterocycles. The number of furan rings is 1. The second-order valence-corrected chi connectivity index (χ2v) is 11.4. The lowest BCUT2D eigenvalue weighted by Crippen LogP contribution is -2.41. The molecule has 8 heteroatoms. The second kappa shape index (κ2) is 11.6. The minimum atomic E-state index is -0.389. The van der Waals surface area contributed by atoms with Crippen LogP contribution in [0.4, 0.5) is 4.39 Å². The van der Waals surface area contributed by atoms with Crippen LogP contribution in [0.25, 0.3) is 0 Å². The van der Waals surface area contributed by atoms with Crippen molar-refractivity contribution in [3.8, 4) is 5.75 Å². The number of rotatable bonds is 7. The topological polar surface area (TPSA) is 63.0 Å². The number of hydrogen-bond acceptors (Lipinski definition) is 5. The van der Waals surface area contributed by atoms with E-state index in [0.29, 0.717) is 30.2 Å². The van der Waals surface area contributed by atoms with Crippen molar-refractivity contribution >= 4 is 23.6 Å². The number of thioether (sulfide) groups is 1. The van der Waals surface area contributed by atoms with Crippen molar-refractivity contribution in [3.05, 3.63) is 88.6 Å². The van der Waals surface area contributed by atoms with Gasteiger partial charge >= 0.3 is 0 Å². The fraction of sp³-hybridized carbons (Fsp3) is 0.400. The van der Waals surface area contributed by atoms with Gasteiger partial charge in [0.25, 0.3) is 5.91 Å². The van der Waals surface area contributed by atoms with Crippen LogP contribution in [0.1, 0.15) is 59.3 Å². The number of benzene rings is 2. The zero-order valence-corrected chi connectivity index (χ0v) is 22.6. The Kier molecular flexibility index (Phi) is 8.07. The summed E-state index contributed by atoms with van der Waals surface area (Å²) in [5.41, 5.74) is 2.80. The lowest BCUT2D eigenvalue weighted by Gasteiger charge is -2.38. The molecule has 2 aliphatic heterocycles. The molecule has 2 aliphatic rings. The molecule has 5 rings (SSSR count). The summed E-state index contributed by atoms with van der Waals surface area (Å²) in [7, 11) is 0. The Bertz CT molecular complexity index is 1300. The number of halogens is 1. The van der Waals surface area contributed by atoms with Gasteiger partial charge in [0.05, 0.1) is 6.04 Å². The number of fused-ring (bicyclic) bond motifs is 1. The van der Waals surface area contributed by atoms with Gasteiger partial charge in [0.1, 0.15) is 23.9 Å². The van der Waals surface area contributed by atoms with E-state index in [1.165, 1.54) is 12.1 Å². The van der Waals surface area contributed by atoms with Gasteiger partial charge in [-0.15, -0.1) is 0 Å². The molecule has 0 radical (unpaired) electrons. The normalized spacial score (nSPS) is 17.4. The zero-order valence-electron chi connectivity index (χ0n) is 21.8. The lowest BCUT2D eigenvalue weighted by molar-refractivity contribution is -0.134. The van der Waals surface area contributed by atoms with Crippen LogP contribution in [0, 0.1) is 11.7 Å². The van der Waals surface area contributed by atoms with Gasteiger partial charge in [-0.3, -0.25) is 9.59 Å². The van der Waals surface area contributed by atoms with Gasteiger partial charge in [-0.25, -0.2) is 4.39 Å². The molecule has 200 valence electrons. The molecular weight excluding hydrogens is 503 g/mol. The van der Waals surface area contributed by atoms with E-state index < -0.39 is 0 Å². The Morgan fingerprint density at radius 2 is 1.89 bits per heavy atom. The third-order valence-electron chi connectivity index (χ3n) is 6.97. The molecule has 0 N–H and O–H groups in total. The first-order valence-corrected chi connectivity index (χ1v) is 14.3. The molecule has 0 saturated carbocycles. The maximum absolute atomic E-state index is 14.2. The molecule has 0 unspecified atom stereocenters. The van der Waals surface area contributed by atoms with Gasteiger partial charge in [-0.05, 0) is 65.4 Å². The van der Waals surface area contributed by atoms with E-state index in [1.54, 1.807) is 18.2 Å². The molecule has 1 atom stereocenters. The highest BCUT2D eigenvalue weighted by molar-refractivity contribution is 7.99. The monoisotopic (exact) mass is 536 g/mol. The van der Waals surface area contributed by atoms with E-state index in [0.717, 1.165) is 47.7 Å². The Labute approximate surface area is 227 Å². The Morgan fingerprint density at radius 3 is 2.66 bits per heavy atom. The van der Waals surface area contributed by atoms with Gasteiger partial charge < -0.3 is 19.0 Å². The summed E-state index contributed by atoms with van der Waals surface area (Å²) in [6.45, 7) is 6.26. The Morgan fingerprint density at radius 1 is 1.08 bits per heavy atom. The van der Waals surface area contributed by atoms with Gasteiger partial charge in [0.15, 0.2) is 5.76 Å². The molecule has 1 fully saturated rings. The quantitative estimate of drug-likeness (QED) is 0.387. The molecule has 3 heterocycles. The molecule has 2 aromatic carbocycles. The summed E-state index contributed by atoms with van der Waals surface area (Å²) in [6, 6.07) is 15.4. The van der Waals surface area contributed by atoms with Crippen molar-refractivity contribution in [2.45, 2.75) is 39.3 Å². The molecular formula is C30H33FN2O4S. The van der Waals surface area contributed by atoms with E-state index in [2.05, 4.69) is 0 Å². The summed E-state index contributed by atoms with van der Waals surface area (Å²) in [5, 5.41) is 0. The van der Waals surface area contributed by atoms with E-state index in [-0.39, 0.29) is 36.2 Å². The number of amides is 2. The Hall–Kier alpha value is -3.26. The lowest BCUT2D eigenvalue weighted by atomic mass is 9.87. The van der Waals surface area contributed by atoms with E-state index in [1.807, 2.05) is 59.7 Å². The van der Waals surface area contributed by atoms with Crippen molar-refractivity contribution in [2.75, 3.05) is 31.1 Å². The highest BCUT2D eigenvalue weighted by atomic mass is 32.2. The molecule has 3 aromatic rings. The summed E-state index contributed by atoms with van der Waals surface area (Å²) in [6.07, 6.45) is 1.16. The van der Waals surface area contributed by atoms with Gasteiger partial charge in [0.2, 0.25) is 5.91 Å². The van der Waals surface area contributed by atoms with Crippen LogP contribution in [-0.2, 0) is 17.8 Å². The van der Waals surface area contributed by atoms with Crippen molar-refractivity contribution < 1.29 is 23.1 Å². The van der Waals surface area contributed by atoms with Crippen LogP contribution in [0.5, 0.6) is 5.75 Å². The van der Waals surface area contributed by atoms with Crippen molar-refractivity contribution in [2.24, 2.45) is 5.92 Å². The van der Waals surface area contributed by atoms with Crippen LogP contribution in [0.15, 0.2) is 59.0 Å². The van der Waals surface area contributed by atoms with Crippen molar-refractivity contribution in [1.82, 2.24) is 9.80 Å². The standard InChI is InChI=1S/C30H33FN2O4S/c1-20(2)16-28(34)33-11-10-21-6-7-24(18-26(21)29(33)22-4-3-5-23(31)17-22)36-19-25-8-9-27(37-25)30(35)32-12-14-38-15-13-32/h3-9,17-18,20,29H,10-16,19H2,1-2H3/t29-/m1/s1. The van der Waals surface area contributed by atoms with Crippen LogP contribution in [0.2, 0.25) is 0 Å². The summed E-state index contributed by atoms with van der Waals surface area (Å²) < 4.78 is 26.1. The smallest absolute Gasteiger partial charge is 0.289 e. The van der Waals surface area contributed by atoms with E-state index >= 15 is 0 Å². The molecule has 0 spiro atoms. The zero-order chi connectivity index (χ0) is 26.6. The van der Waals surface area contributed by atoms with Crippen molar-refractivity contribution in [1.29, 1.82) is 0 Å². The fourth-order valence-electron chi connectivity index (χ4n) is 5.10. The van der Waals surface area contributed by atoms with Gasteiger partial charge in [0, 0.05) is 37.6 Å². The number of nitrogens with zero attached hydrogens (tertiary/aromatic N) is 2. The third kappa shape index (κ3) is 5.90.